The lowest BCUT2D eigenvalue weighted by atomic mass is 9.84. The van der Waals surface area contributed by atoms with Crippen LogP contribution in [0.4, 0.5) is 0 Å². The summed E-state index contributed by atoms with van der Waals surface area (Å²) in [5.74, 6) is -10.2. The lowest BCUT2D eigenvalue weighted by Crippen LogP contribution is -2.62. The third-order valence-corrected chi connectivity index (χ3v) is 17.8. The van der Waals surface area contributed by atoms with Crippen LogP contribution >= 0.6 is 11.8 Å². The molecule has 0 aliphatic heterocycles. The fraction of sp³-hybridized carbons (Fsp3) is 0.716. The SMILES string of the molecule is CSCC[C@H](NC(=O)[C@H](CO)NC(=O)[C@H](CC1CCCCC1)NC(=O)[C@H](CC(C)C)NC(=O)[C@@H](C)CCCCN)C(=O)N[C@H](C(=O)N[C@@H](CCCNC(=N)N)C(=O)N[C@@H](CCCCN)C(=O)N[C@@H](Cc1ccc(O)cc1)C(=O)N[C@@H](CCCNC(=N)N)C(=O)N[C@@H](CC(C)C)C(N)=O)[C@@H](C)O. The van der Waals surface area contributed by atoms with Crippen LogP contribution in [0, 0.1) is 34.5 Å². The zero-order valence-electron chi connectivity index (χ0n) is 60.0. The number of hydrogen-bond acceptors (Lipinski definition) is 19. The number of guanidine groups is 2. The predicted molar refractivity (Wildman–Crippen MR) is 385 cm³/mol. The molecule has 0 unspecified atom stereocenters. The number of primary amides is 1. The van der Waals surface area contributed by atoms with Crippen molar-refractivity contribution in [2.45, 2.75) is 236 Å². The standard InChI is InChI=1S/C67H119N19O14S/c1-38(2)33-49(55(70)90)81-58(93)46(21-15-30-75-66(71)72)78-62(97)52(36-43-23-25-44(89)26-24-43)83-59(94)45(20-12-14-29-69)77-57(92)47(22-16-31-76-67(73)74)80-65(100)54(41(6)88)86-60(95)48(27-32-101-7)79-64(99)53(37-87)85-63(98)51(35-42-18-9-8-10-19-42)84-61(96)50(34-39(3)4)82-56(91)40(5)17-11-13-28-68/h23-26,38-42,45-54,87-89H,8-22,27-37,68-69H2,1-7H3,(H2,70,90)(H,77,92)(H,78,97)(H,79,99)(H,80,100)(H,81,93)(H,82,91)(H,83,94)(H,84,96)(H,85,98)(H,86,95)(H4,71,72,75)(H4,73,74,76)/t40-,41+,45-,46-,47-,48-,49-,50-,51-,52-,53-,54-/m0/s1. The normalized spacial score (nSPS) is 15.9. The molecule has 0 heterocycles. The molecule has 11 amide bonds. The van der Waals surface area contributed by atoms with Gasteiger partial charge in [-0.2, -0.15) is 11.8 Å². The summed E-state index contributed by atoms with van der Waals surface area (Å²) in [4.78, 5) is 155. The third-order valence-electron chi connectivity index (χ3n) is 17.1. The molecule has 0 bridgehead atoms. The summed E-state index contributed by atoms with van der Waals surface area (Å²) in [6, 6.07) is -8.36. The van der Waals surface area contributed by atoms with E-state index in [1.54, 1.807) is 13.2 Å². The number of rotatable bonds is 50. The minimum absolute atomic E-state index is 0.0173. The molecule has 101 heavy (non-hydrogen) atoms. The molecule has 27 N–H and O–H groups in total. The molecule has 1 aromatic carbocycles. The minimum atomic E-state index is -1.82. The molecule has 34 heteroatoms. The van der Waals surface area contributed by atoms with Gasteiger partial charge in [0, 0.05) is 25.4 Å². The van der Waals surface area contributed by atoms with Crippen LogP contribution in [0.5, 0.6) is 5.75 Å². The molecule has 1 aliphatic carbocycles. The average molecular weight is 1450 g/mol. The molecule has 12 atom stereocenters. The first-order valence-corrected chi connectivity index (χ1v) is 36.7. The van der Waals surface area contributed by atoms with Gasteiger partial charge < -0.3 is 108 Å². The maximum absolute atomic E-state index is 14.7. The molecule has 0 aromatic heterocycles. The number of thioether (sulfide) groups is 1. The lowest BCUT2D eigenvalue weighted by molar-refractivity contribution is -0.137. The van der Waals surface area contributed by atoms with Gasteiger partial charge in [0.25, 0.3) is 0 Å². The van der Waals surface area contributed by atoms with Crippen molar-refractivity contribution in [3.8, 4) is 5.75 Å². The van der Waals surface area contributed by atoms with Crippen LogP contribution in [0.2, 0.25) is 0 Å². The van der Waals surface area contributed by atoms with E-state index in [0.29, 0.717) is 24.9 Å². The fourth-order valence-electron chi connectivity index (χ4n) is 11.4. The largest absolute Gasteiger partial charge is 0.508 e. The van der Waals surface area contributed by atoms with Crippen molar-refractivity contribution >= 4 is 88.7 Å². The highest BCUT2D eigenvalue weighted by atomic mass is 32.2. The summed E-state index contributed by atoms with van der Waals surface area (Å²) < 4.78 is 0. The molecule has 33 nitrogen and oxygen atoms in total. The van der Waals surface area contributed by atoms with Gasteiger partial charge >= 0.3 is 0 Å². The van der Waals surface area contributed by atoms with E-state index >= 15 is 0 Å². The summed E-state index contributed by atoms with van der Waals surface area (Å²) in [6.45, 7) is 10.2. The molecule has 0 saturated heterocycles. The van der Waals surface area contributed by atoms with Gasteiger partial charge in [0.05, 0.1) is 12.7 Å². The zero-order chi connectivity index (χ0) is 75.7. The van der Waals surface area contributed by atoms with Crippen molar-refractivity contribution in [3.63, 3.8) is 0 Å². The number of nitrogens with one attached hydrogen (secondary N) is 14. The molecule has 1 fully saturated rings. The molecular weight excluding hydrogens is 1330 g/mol. The number of carbonyl (C=O) groups is 11. The summed E-state index contributed by atoms with van der Waals surface area (Å²) in [5, 5.41) is 78.9. The second-order valence-electron chi connectivity index (χ2n) is 26.9. The smallest absolute Gasteiger partial charge is 0.245 e. The first-order chi connectivity index (χ1) is 47.8. The number of unbranched alkanes of at least 4 members (excludes halogenated alkanes) is 2. The van der Waals surface area contributed by atoms with Crippen molar-refractivity contribution in [3.05, 3.63) is 29.8 Å². The number of aliphatic hydroxyl groups is 2. The Morgan fingerprint density at radius 3 is 1.36 bits per heavy atom. The third kappa shape index (κ3) is 35.9. The van der Waals surface area contributed by atoms with Crippen LogP contribution in [-0.2, 0) is 59.2 Å². The van der Waals surface area contributed by atoms with E-state index in [1.807, 2.05) is 27.7 Å². The Morgan fingerprint density at radius 2 is 0.881 bits per heavy atom. The Hall–Kier alpha value is -8.08. The van der Waals surface area contributed by atoms with E-state index in [-0.39, 0.29) is 131 Å². The monoisotopic (exact) mass is 1450 g/mol. The molecule has 0 spiro atoms. The highest BCUT2D eigenvalue weighted by Gasteiger charge is 2.38. The Morgan fingerprint density at radius 1 is 0.485 bits per heavy atom. The van der Waals surface area contributed by atoms with E-state index in [0.717, 1.165) is 44.9 Å². The van der Waals surface area contributed by atoms with Crippen LogP contribution in [0.15, 0.2) is 24.3 Å². The summed E-state index contributed by atoms with van der Waals surface area (Å²) in [7, 11) is 0. The second-order valence-corrected chi connectivity index (χ2v) is 27.9. The number of nitrogens with two attached hydrogens (primary N) is 5. The number of phenols is 1. The first kappa shape index (κ1) is 89.0. The minimum Gasteiger partial charge on any atom is -0.508 e. The number of carbonyl (C=O) groups excluding carboxylic acids is 11. The number of hydrogen-bond donors (Lipinski definition) is 22. The highest BCUT2D eigenvalue weighted by molar-refractivity contribution is 7.98. The molecule has 1 aromatic rings. The van der Waals surface area contributed by atoms with Crippen molar-refractivity contribution in [2.75, 3.05) is 44.8 Å². The molecule has 1 saturated carbocycles. The number of benzene rings is 1. The van der Waals surface area contributed by atoms with E-state index in [2.05, 4.69) is 63.8 Å². The number of amides is 11. The van der Waals surface area contributed by atoms with Gasteiger partial charge in [-0.1, -0.05) is 85.3 Å². The van der Waals surface area contributed by atoms with Gasteiger partial charge in [-0.15, -0.1) is 0 Å². The van der Waals surface area contributed by atoms with Gasteiger partial charge in [0.2, 0.25) is 65.0 Å². The molecule has 572 valence electrons. The fourth-order valence-corrected chi connectivity index (χ4v) is 11.9. The highest BCUT2D eigenvalue weighted by Crippen LogP contribution is 2.28. The number of aliphatic hydroxyl groups excluding tert-OH is 2. The van der Waals surface area contributed by atoms with E-state index in [1.165, 1.54) is 43.0 Å². The average Bonchev–Trinajstić information content (AvgIpc) is 0.863. The number of phenolic OH excluding ortho intramolecular Hbond substituents is 1. The van der Waals surface area contributed by atoms with E-state index < -0.39 is 144 Å². The molecule has 2 rings (SSSR count). The van der Waals surface area contributed by atoms with Crippen LogP contribution < -0.4 is 92.5 Å². The molecule has 0 radical (unpaired) electrons. The van der Waals surface area contributed by atoms with Crippen molar-refractivity contribution < 1.29 is 68.1 Å². The molecule has 1 aliphatic rings. The molecular formula is C67H119N19O14S. The summed E-state index contributed by atoms with van der Waals surface area (Å²) in [6.07, 6.45) is 7.33. The van der Waals surface area contributed by atoms with E-state index in [9.17, 15) is 68.1 Å². The maximum Gasteiger partial charge on any atom is 0.245 e. The van der Waals surface area contributed by atoms with Crippen molar-refractivity contribution in [1.29, 1.82) is 10.8 Å². The van der Waals surface area contributed by atoms with Crippen LogP contribution in [0.3, 0.4) is 0 Å². The van der Waals surface area contributed by atoms with Gasteiger partial charge in [-0.3, -0.25) is 63.6 Å². The second kappa shape index (κ2) is 48.7. The van der Waals surface area contributed by atoms with Crippen LogP contribution in [-0.4, -0.2) is 204 Å². The topological polar surface area (TPSA) is 571 Å². The van der Waals surface area contributed by atoms with E-state index in [4.69, 9.17) is 39.5 Å². The number of aromatic hydroxyl groups is 1. The lowest BCUT2D eigenvalue weighted by Gasteiger charge is -2.30. The predicted octanol–water partition coefficient (Wildman–Crippen LogP) is -2.12. The van der Waals surface area contributed by atoms with Gasteiger partial charge in [0.1, 0.15) is 66.2 Å². The first-order valence-electron chi connectivity index (χ1n) is 35.3. The van der Waals surface area contributed by atoms with Gasteiger partial charge in [-0.25, -0.2) is 0 Å². The maximum atomic E-state index is 14.7. The zero-order valence-corrected chi connectivity index (χ0v) is 60.8. The Kier molecular flexibility index (Phi) is 42.9. The van der Waals surface area contributed by atoms with Crippen molar-refractivity contribution in [1.82, 2.24) is 63.8 Å². The van der Waals surface area contributed by atoms with Crippen LogP contribution in [0.1, 0.15) is 169 Å². The van der Waals surface area contributed by atoms with Gasteiger partial charge in [0.15, 0.2) is 11.9 Å². The quantitative estimate of drug-likeness (QED) is 0.0188. The van der Waals surface area contributed by atoms with Crippen LogP contribution in [0.25, 0.3) is 0 Å². The Balaban J connectivity index is 2.54. The summed E-state index contributed by atoms with van der Waals surface area (Å²) >= 11 is 1.30. The Bertz CT molecular complexity index is 2800. The van der Waals surface area contributed by atoms with Gasteiger partial charge in [-0.05, 0) is 151 Å². The Labute approximate surface area is 598 Å². The van der Waals surface area contributed by atoms with Crippen molar-refractivity contribution in [2.24, 2.45) is 52.3 Å². The summed E-state index contributed by atoms with van der Waals surface area (Å²) in [5.41, 5.74) is 28.6.